The van der Waals surface area contributed by atoms with Gasteiger partial charge in [0.15, 0.2) is 11.5 Å². The average Bonchev–Trinajstić information content (AvgIpc) is 3.45. The number of carbonyl (C=O) groups is 1. The fourth-order valence-corrected chi connectivity index (χ4v) is 4.70. The lowest BCUT2D eigenvalue weighted by Gasteiger charge is -2.23. The first kappa shape index (κ1) is 19.8. The van der Waals surface area contributed by atoms with Crippen molar-refractivity contribution >= 4 is 11.6 Å². The molecule has 0 bridgehead atoms. The smallest absolute Gasteiger partial charge is 0.491 e. The zero-order valence-electron chi connectivity index (χ0n) is 17.0. The molecule has 1 atom stereocenters. The van der Waals surface area contributed by atoms with Crippen molar-refractivity contribution in [1.82, 2.24) is 0 Å². The Morgan fingerprint density at radius 1 is 0.909 bits per heavy atom. The Kier molecular flexibility index (Phi) is 4.08. The van der Waals surface area contributed by atoms with E-state index in [1.807, 2.05) is 24.3 Å². The van der Waals surface area contributed by atoms with E-state index < -0.39 is 11.8 Å². The van der Waals surface area contributed by atoms with Crippen LogP contribution in [0.2, 0.25) is 0 Å². The van der Waals surface area contributed by atoms with Crippen LogP contribution in [0, 0.1) is 0 Å². The minimum absolute atomic E-state index is 0.107. The third-order valence-corrected chi connectivity index (χ3v) is 6.14. The predicted molar refractivity (Wildman–Crippen MR) is 110 cm³/mol. The Bertz CT molecular complexity index is 1270. The van der Waals surface area contributed by atoms with Crippen LogP contribution in [0.5, 0.6) is 23.0 Å². The highest BCUT2D eigenvalue weighted by Crippen LogP contribution is 2.55. The first-order valence-electron chi connectivity index (χ1n) is 10.2. The number of alkyl halides is 3. The van der Waals surface area contributed by atoms with Crippen molar-refractivity contribution in [3.63, 3.8) is 0 Å². The van der Waals surface area contributed by atoms with Crippen molar-refractivity contribution in [2.24, 2.45) is 0 Å². The quantitative estimate of drug-likeness (QED) is 0.581. The number of halogens is 3. The second kappa shape index (κ2) is 6.81. The molecule has 33 heavy (non-hydrogen) atoms. The maximum absolute atomic E-state index is 13.9. The summed E-state index contributed by atoms with van der Waals surface area (Å²) in [4.78, 5) is 15.5. The van der Waals surface area contributed by atoms with Crippen LogP contribution in [0.3, 0.4) is 0 Å². The van der Waals surface area contributed by atoms with Gasteiger partial charge in [0.25, 0.3) is 0 Å². The van der Waals surface area contributed by atoms with E-state index in [0.29, 0.717) is 28.4 Å². The van der Waals surface area contributed by atoms with E-state index in [4.69, 9.17) is 14.2 Å². The first-order valence-corrected chi connectivity index (χ1v) is 10.2. The summed E-state index contributed by atoms with van der Waals surface area (Å²) in [5.41, 5.74) is 1.87. The molecule has 3 heterocycles. The summed E-state index contributed by atoms with van der Waals surface area (Å²) in [6.07, 6.45) is -4.76. The van der Waals surface area contributed by atoms with Crippen molar-refractivity contribution in [2.45, 2.75) is 18.3 Å². The Morgan fingerprint density at radius 3 is 2.39 bits per heavy atom. The van der Waals surface area contributed by atoms with Gasteiger partial charge in [0.05, 0.1) is 6.54 Å². The number of amides is 1. The fourth-order valence-electron chi connectivity index (χ4n) is 4.70. The minimum atomic E-state index is -4.76. The van der Waals surface area contributed by atoms with Crippen LogP contribution in [0.1, 0.15) is 16.7 Å². The summed E-state index contributed by atoms with van der Waals surface area (Å²) in [5, 5.41) is 0. The maximum Gasteiger partial charge on any atom is 0.573 e. The first-order chi connectivity index (χ1) is 15.8. The summed E-state index contributed by atoms with van der Waals surface area (Å²) in [6.45, 7) is 0.426. The Morgan fingerprint density at radius 2 is 1.64 bits per heavy atom. The molecule has 9 heteroatoms. The highest BCUT2D eigenvalue weighted by Gasteiger charge is 2.57. The lowest BCUT2D eigenvalue weighted by molar-refractivity contribution is -0.274. The second-order valence-electron chi connectivity index (χ2n) is 8.00. The highest BCUT2D eigenvalue weighted by molar-refractivity contribution is 6.11. The minimum Gasteiger partial charge on any atom is -0.491 e. The number of para-hydroxylation sites is 1. The molecule has 3 aliphatic heterocycles. The van der Waals surface area contributed by atoms with Crippen LogP contribution in [0.25, 0.3) is 0 Å². The molecule has 1 unspecified atom stereocenters. The van der Waals surface area contributed by atoms with Gasteiger partial charge in [-0.1, -0.05) is 30.3 Å². The SMILES string of the molecule is O=C1N(Cc2ccc(OC(F)(F)F)cc2)c2ccccc2C12COc1cc3c(cc12)OCO3. The van der Waals surface area contributed by atoms with Crippen LogP contribution in [-0.2, 0) is 16.8 Å². The third kappa shape index (κ3) is 2.99. The van der Waals surface area contributed by atoms with Crippen molar-refractivity contribution < 1.29 is 36.9 Å². The lowest BCUT2D eigenvalue weighted by Crippen LogP contribution is -2.42. The molecule has 0 saturated carbocycles. The number of carbonyl (C=O) groups excluding carboxylic acids is 1. The van der Waals surface area contributed by atoms with E-state index >= 15 is 0 Å². The third-order valence-electron chi connectivity index (χ3n) is 6.14. The zero-order valence-corrected chi connectivity index (χ0v) is 17.0. The van der Waals surface area contributed by atoms with Crippen LogP contribution in [0.4, 0.5) is 18.9 Å². The number of ether oxygens (including phenoxy) is 4. The summed E-state index contributed by atoms with van der Waals surface area (Å²) < 4.78 is 58.2. The Balaban J connectivity index is 1.37. The van der Waals surface area contributed by atoms with E-state index in [1.54, 1.807) is 17.0 Å². The van der Waals surface area contributed by atoms with Gasteiger partial charge in [0.2, 0.25) is 12.7 Å². The van der Waals surface area contributed by atoms with E-state index in [1.165, 1.54) is 24.3 Å². The molecule has 0 radical (unpaired) electrons. The molecule has 0 N–H and O–H groups in total. The normalized spacial score (nSPS) is 20.1. The summed E-state index contributed by atoms with van der Waals surface area (Å²) >= 11 is 0. The van der Waals surface area contributed by atoms with Gasteiger partial charge in [-0.05, 0) is 35.4 Å². The molecule has 0 saturated heterocycles. The van der Waals surface area contributed by atoms with Crippen LogP contribution >= 0.6 is 0 Å². The summed E-state index contributed by atoms with van der Waals surface area (Å²) in [6, 6.07) is 16.5. The number of anilines is 1. The topological polar surface area (TPSA) is 57.2 Å². The van der Waals surface area contributed by atoms with E-state index in [-0.39, 0.29) is 31.6 Å². The van der Waals surface area contributed by atoms with E-state index in [9.17, 15) is 18.0 Å². The van der Waals surface area contributed by atoms with E-state index in [2.05, 4.69) is 4.74 Å². The number of nitrogens with zero attached hydrogens (tertiary/aromatic N) is 1. The van der Waals surface area contributed by atoms with Gasteiger partial charge in [-0.3, -0.25) is 4.79 Å². The average molecular weight is 455 g/mol. The monoisotopic (exact) mass is 455 g/mol. The van der Waals surface area contributed by atoms with Crippen molar-refractivity contribution in [3.05, 3.63) is 77.4 Å². The predicted octanol–water partition coefficient (Wildman–Crippen LogP) is 4.54. The van der Waals surface area contributed by atoms with E-state index in [0.717, 1.165) is 11.3 Å². The van der Waals surface area contributed by atoms with Gasteiger partial charge in [0, 0.05) is 17.3 Å². The lowest BCUT2D eigenvalue weighted by atomic mass is 9.77. The molecule has 0 aliphatic carbocycles. The molecule has 6 nitrogen and oxygen atoms in total. The molecule has 3 aliphatic rings. The van der Waals surface area contributed by atoms with Gasteiger partial charge in [-0.15, -0.1) is 13.2 Å². The zero-order chi connectivity index (χ0) is 22.8. The molecule has 3 aromatic carbocycles. The van der Waals surface area contributed by atoms with Crippen molar-refractivity contribution in [3.8, 4) is 23.0 Å². The maximum atomic E-state index is 13.9. The molecule has 6 rings (SSSR count). The summed E-state index contributed by atoms with van der Waals surface area (Å²) in [5.74, 6) is 1.21. The largest absolute Gasteiger partial charge is 0.573 e. The number of fused-ring (bicyclic) bond motifs is 5. The Labute approximate surface area is 186 Å². The fraction of sp³-hybridized carbons (Fsp3) is 0.208. The molecule has 1 spiro atoms. The second-order valence-corrected chi connectivity index (χ2v) is 8.00. The summed E-state index contributed by atoms with van der Waals surface area (Å²) in [7, 11) is 0. The van der Waals surface area contributed by atoms with Crippen LogP contribution in [0.15, 0.2) is 60.7 Å². The molecular weight excluding hydrogens is 439 g/mol. The van der Waals surface area contributed by atoms with Gasteiger partial charge >= 0.3 is 6.36 Å². The molecule has 1 amide bonds. The number of benzene rings is 3. The number of hydrogen-bond donors (Lipinski definition) is 0. The number of hydrogen-bond acceptors (Lipinski definition) is 5. The van der Waals surface area contributed by atoms with Crippen LogP contribution < -0.4 is 23.8 Å². The molecular formula is C24H16F3NO5. The number of rotatable bonds is 3. The van der Waals surface area contributed by atoms with Gasteiger partial charge in [-0.2, -0.15) is 0 Å². The molecule has 0 aromatic heterocycles. The van der Waals surface area contributed by atoms with Crippen molar-refractivity contribution in [1.29, 1.82) is 0 Å². The van der Waals surface area contributed by atoms with Gasteiger partial charge in [0.1, 0.15) is 23.5 Å². The van der Waals surface area contributed by atoms with Crippen molar-refractivity contribution in [2.75, 3.05) is 18.3 Å². The van der Waals surface area contributed by atoms with Gasteiger partial charge < -0.3 is 23.8 Å². The molecule has 0 fully saturated rings. The highest BCUT2D eigenvalue weighted by atomic mass is 19.4. The van der Waals surface area contributed by atoms with Gasteiger partial charge in [-0.25, -0.2) is 0 Å². The standard InChI is InChI=1S/C24H16F3NO5/c25-24(26,27)33-15-7-5-14(6-8-15)11-28-18-4-2-1-3-16(18)23(22(28)29)12-30-19-10-21-20(9-17(19)23)31-13-32-21/h1-10H,11-13H2. The Hall–Kier alpha value is -3.88. The van der Waals surface area contributed by atoms with Crippen LogP contribution in [-0.4, -0.2) is 25.7 Å². The molecule has 168 valence electrons. The molecule has 3 aromatic rings.